The first-order valence-corrected chi connectivity index (χ1v) is 10.8. The van der Waals surface area contributed by atoms with Crippen LogP contribution in [0.5, 0.6) is 0 Å². The fourth-order valence-corrected chi connectivity index (χ4v) is 5.39. The minimum atomic E-state index is -1.34. The Hall–Kier alpha value is -2.50. The van der Waals surface area contributed by atoms with Crippen LogP contribution in [-0.2, 0) is 23.8 Å². The van der Waals surface area contributed by atoms with Gasteiger partial charge in [0.15, 0.2) is 0 Å². The van der Waals surface area contributed by atoms with Crippen LogP contribution in [0.25, 0.3) is 0 Å². The van der Waals surface area contributed by atoms with E-state index in [9.17, 15) is 9.59 Å². The van der Waals surface area contributed by atoms with E-state index < -0.39 is 23.5 Å². The Balaban J connectivity index is 1.87. The first kappa shape index (κ1) is 21.7. The van der Waals surface area contributed by atoms with Gasteiger partial charge in [-0.3, -0.25) is 0 Å². The number of carbonyl (C=O) groups is 2. The van der Waals surface area contributed by atoms with Crippen molar-refractivity contribution in [1.82, 2.24) is 0 Å². The van der Waals surface area contributed by atoms with Gasteiger partial charge in [0.1, 0.15) is 0 Å². The van der Waals surface area contributed by atoms with Gasteiger partial charge in [-0.25, -0.2) is 9.59 Å². The van der Waals surface area contributed by atoms with Crippen molar-refractivity contribution in [2.75, 3.05) is 13.7 Å². The van der Waals surface area contributed by atoms with Crippen molar-refractivity contribution >= 4 is 35.1 Å². The third-order valence-corrected chi connectivity index (χ3v) is 6.62. The van der Waals surface area contributed by atoms with Gasteiger partial charge in [0, 0.05) is 28.3 Å². The van der Waals surface area contributed by atoms with Crippen LogP contribution >= 0.6 is 23.2 Å². The minimum Gasteiger partial charge on any atom is -0.468 e. The van der Waals surface area contributed by atoms with Crippen LogP contribution < -0.4 is 0 Å². The molecule has 0 bridgehead atoms. The minimum absolute atomic E-state index is 0.0406. The highest BCUT2D eigenvalue weighted by Crippen LogP contribution is 2.61. The summed E-state index contributed by atoms with van der Waals surface area (Å²) in [6.45, 7) is 1.93. The Bertz CT molecular complexity index is 1040. The van der Waals surface area contributed by atoms with E-state index in [1.165, 1.54) is 7.11 Å². The van der Waals surface area contributed by atoms with Crippen LogP contribution in [0.4, 0.5) is 0 Å². The van der Waals surface area contributed by atoms with Gasteiger partial charge in [0.2, 0.25) is 11.4 Å². The summed E-state index contributed by atoms with van der Waals surface area (Å²) in [6, 6.07) is 15.2. The molecular weight excluding hydrogens is 439 g/mol. The van der Waals surface area contributed by atoms with E-state index >= 15 is 0 Å². The molecule has 0 radical (unpaired) electrons. The van der Waals surface area contributed by atoms with Crippen LogP contribution in [0.1, 0.15) is 36.3 Å². The maximum Gasteiger partial charge on any atom is 0.373 e. The monoisotopic (exact) mass is 460 g/mol. The zero-order valence-electron chi connectivity index (χ0n) is 17.1. The highest BCUT2D eigenvalue weighted by atomic mass is 35.5. The Kier molecular flexibility index (Phi) is 6.00. The summed E-state index contributed by atoms with van der Waals surface area (Å²) in [5, 5.41) is 1.06. The maximum atomic E-state index is 13.0. The molecular formula is C24H22Cl2O5. The van der Waals surface area contributed by atoms with E-state index in [4.69, 9.17) is 37.4 Å². The quantitative estimate of drug-likeness (QED) is 0.568. The summed E-state index contributed by atoms with van der Waals surface area (Å²) in [5.74, 6) is -1.84. The van der Waals surface area contributed by atoms with Crippen molar-refractivity contribution in [3.05, 3.63) is 81.5 Å². The van der Waals surface area contributed by atoms with Gasteiger partial charge in [-0.1, -0.05) is 59.6 Å². The Morgan fingerprint density at radius 1 is 1.16 bits per heavy atom. The van der Waals surface area contributed by atoms with Crippen LogP contribution in [0.15, 0.2) is 60.4 Å². The fourth-order valence-electron chi connectivity index (χ4n) is 4.84. The number of hydrogen-bond donors (Lipinski definition) is 0. The van der Waals surface area contributed by atoms with Crippen molar-refractivity contribution in [2.45, 2.75) is 30.8 Å². The fraction of sp³-hybridized carbons (Fsp3) is 0.333. The highest BCUT2D eigenvalue weighted by molar-refractivity contribution is 6.35. The average Bonchev–Trinajstić information content (AvgIpc) is 3.28. The predicted octanol–water partition coefficient (Wildman–Crippen LogP) is 5.27. The SMILES string of the molecule is CCOC(=O)C1=CC2[C@@H](c3ccccc3)[C@H](c3ccc(Cl)cc3Cl)C[C@]2(C(=O)OC)O1. The molecule has 0 amide bonds. The Labute approximate surface area is 190 Å². The maximum absolute atomic E-state index is 13.0. The molecule has 31 heavy (non-hydrogen) atoms. The van der Waals surface area contributed by atoms with Crippen molar-refractivity contribution in [2.24, 2.45) is 5.92 Å². The number of methoxy groups -OCH3 is 1. The summed E-state index contributed by atoms with van der Waals surface area (Å²) < 4.78 is 16.3. The van der Waals surface area contributed by atoms with Crippen LogP contribution in [-0.4, -0.2) is 31.3 Å². The predicted molar refractivity (Wildman–Crippen MR) is 117 cm³/mol. The molecule has 2 aromatic rings. The summed E-state index contributed by atoms with van der Waals surface area (Å²) in [5.41, 5.74) is 0.539. The van der Waals surface area contributed by atoms with Crippen LogP contribution in [0.2, 0.25) is 10.0 Å². The third kappa shape index (κ3) is 3.70. The van der Waals surface area contributed by atoms with E-state index in [0.29, 0.717) is 16.5 Å². The molecule has 0 spiro atoms. The molecule has 2 aliphatic rings. The van der Waals surface area contributed by atoms with E-state index in [0.717, 1.165) is 11.1 Å². The third-order valence-electron chi connectivity index (χ3n) is 6.06. The van der Waals surface area contributed by atoms with Gasteiger partial charge in [0.05, 0.1) is 13.7 Å². The number of esters is 2. The largest absolute Gasteiger partial charge is 0.468 e. The summed E-state index contributed by atoms with van der Waals surface area (Å²) in [7, 11) is 1.32. The van der Waals surface area contributed by atoms with E-state index in [1.54, 1.807) is 25.1 Å². The molecule has 0 aromatic heterocycles. The highest BCUT2D eigenvalue weighted by Gasteiger charge is 2.64. The van der Waals surface area contributed by atoms with Gasteiger partial charge < -0.3 is 14.2 Å². The number of ether oxygens (including phenoxy) is 3. The Morgan fingerprint density at radius 2 is 1.90 bits per heavy atom. The second-order valence-corrected chi connectivity index (χ2v) is 8.52. The second-order valence-electron chi connectivity index (χ2n) is 7.67. The van der Waals surface area contributed by atoms with Crippen molar-refractivity contribution in [3.8, 4) is 0 Å². The van der Waals surface area contributed by atoms with Gasteiger partial charge in [-0.2, -0.15) is 0 Å². The lowest BCUT2D eigenvalue weighted by molar-refractivity contribution is -0.167. The Morgan fingerprint density at radius 3 is 2.55 bits per heavy atom. The molecule has 7 heteroatoms. The topological polar surface area (TPSA) is 61.8 Å². The normalized spacial score (nSPS) is 26.6. The summed E-state index contributed by atoms with van der Waals surface area (Å²) in [4.78, 5) is 25.5. The van der Waals surface area contributed by atoms with Crippen LogP contribution in [0.3, 0.4) is 0 Å². The molecule has 1 heterocycles. The number of halogens is 2. The molecule has 1 saturated carbocycles. The van der Waals surface area contributed by atoms with Crippen molar-refractivity contribution in [1.29, 1.82) is 0 Å². The van der Waals surface area contributed by atoms with Crippen molar-refractivity contribution < 1.29 is 23.8 Å². The standard InChI is InChI=1S/C24H22Cl2O5/c1-3-30-22(27)20-12-18-21(14-7-5-4-6-8-14)17(13-24(18,31-20)23(28)29-2)16-10-9-15(25)11-19(16)26/h4-12,17-18,21H,3,13H2,1-2H3/t17-,18?,21-,24-/m0/s1. The number of carbonyl (C=O) groups excluding carboxylic acids is 2. The van der Waals surface area contributed by atoms with Crippen molar-refractivity contribution in [3.63, 3.8) is 0 Å². The first-order valence-electron chi connectivity index (χ1n) is 10.1. The van der Waals surface area contributed by atoms with Gasteiger partial charge in [-0.05, 0) is 42.2 Å². The lowest BCUT2D eigenvalue weighted by atomic mass is 9.78. The molecule has 4 rings (SSSR count). The molecule has 162 valence electrons. The number of hydrogen-bond acceptors (Lipinski definition) is 5. The molecule has 4 atom stereocenters. The second kappa shape index (κ2) is 8.56. The average molecular weight is 461 g/mol. The van der Waals surface area contributed by atoms with Crippen LogP contribution in [0, 0.1) is 5.92 Å². The zero-order chi connectivity index (χ0) is 22.2. The molecule has 1 unspecified atom stereocenters. The lowest BCUT2D eigenvalue weighted by Gasteiger charge is -2.27. The molecule has 1 aliphatic carbocycles. The van der Waals surface area contributed by atoms with Gasteiger partial charge in [-0.15, -0.1) is 0 Å². The first-order chi connectivity index (χ1) is 14.9. The molecule has 1 fully saturated rings. The molecule has 0 N–H and O–H groups in total. The smallest absolute Gasteiger partial charge is 0.373 e. The molecule has 0 saturated heterocycles. The van der Waals surface area contributed by atoms with E-state index in [1.807, 2.05) is 36.4 Å². The number of fused-ring (bicyclic) bond motifs is 1. The number of benzene rings is 2. The van der Waals surface area contributed by atoms with Gasteiger partial charge >= 0.3 is 11.9 Å². The summed E-state index contributed by atoms with van der Waals surface area (Å²) >= 11 is 12.7. The van der Waals surface area contributed by atoms with E-state index in [-0.39, 0.29) is 24.2 Å². The molecule has 2 aromatic carbocycles. The van der Waals surface area contributed by atoms with Gasteiger partial charge in [0.25, 0.3) is 0 Å². The molecule has 5 nitrogen and oxygen atoms in total. The summed E-state index contributed by atoms with van der Waals surface area (Å²) in [6.07, 6.45) is 2.00. The van der Waals surface area contributed by atoms with E-state index in [2.05, 4.69) is 0 Å². The molecule has 1 aliphatic heterocycles. The number of rotatable bonds is 5. The zero-order valence-corrected chi connectivity index (χ0v) is 18.7. The lowest BCUT2D eigenvalue weighted by Crippen LogP contribution is -2.43.